The van der Waals surface area contributed by atoms with Crippen molar-refractivity contribution in [2.75, 3.05) is 7.11 Å². The summed E-state index contributed by atoms with van der Waals surface area (Å²) in [6.07, 6.45) is -4.48. The van der Waals surface area contributed by atoms with Gasteiger partial charge in [0.2, 0.25) is 0 Å². The molecule has 2 N–H and O–H groups in total. The number of hydrogen-bond acceptors (Lipinski definition) is 3. The Morgan fingerprint density at radius 2 is 1.95 bits per heavy atom. The summed E-state index contributed by atoms with van der Waals surface area (Å²) < 4.78 is 45.7. The van der Waals surface area contributed by atoms with Crippen molar-refractivity contribution in [1.29, 1.82) is 0 Å². The first-order chi connectivity index (χ1) is 10.2. The van der Waals surface area contributed by atoms with Crippen LogP contribution in [0.3, 0.4) is 0 Å². The zero-order valence-electron chi connectivity index (χ0n) is 12.4. The molecule has 0 bridgehead atoms. The van der Waals surface area contributed by atoms with E-state index in [1.807, 2.05) is 13.8 Å². The van der Waals surface area contributed by atoms with Gasteiger partial charge in [0, 0.05) is 22.6 Å². The van der Waals surface area contributed by atoms with Crippen molar-refractivity contribution in [3.63, 3.8) is 0 Å². The highest BCUT2D eigenvalue weighted by atomic mass is 19.4. The minimum Gasteiger partial charge on any atom is -0.468 e. The van der Waals surface area contributed by atoms with Gasteiger partial charge in [-0.25, -0.2) is 4.79 Å². The highest BCUT2D eigenvalue weighted by Crippen LogP contribution is 2.38. The Labute approximate surface area is 125 Å². The van der Waals surface area contributed by atoms with Crippen molar-refractivity contribution < 1.29 is 22.7 Å². The van der Waals surface area contributed by atoms with Crippen LogP contribution >= 0.6 is 0 Å². The third-order valence-electron chi connectivity index (χ3n) is 3.51. The fraction of sp³-hybridized carbons (Fsp3) is 0.400. The van der Waals surface area contributed by atoms with Gasteiger partial charge in [-0.15, -0.1) is 0 Å². The lowest BCUT2D eigenvalue weighted by atomic mass is 10.1. The number of nitrogens with zero attached hydrogens (tertiary/aromatic N) is 1. The van der Waals surface area contributed by atoms with Gasteiger partial charge in [-0.05, 0) is 32.0 Å². The van der Waals surface area contributed by atoms with E-state index in [0.29, 0.717) is 11.2 Å². The number of carbonyl (C=O) groups excluding carboxylic acids is 1. The Hall–Kier alpha value is -2.02. The van der Waals surface area contributed by atoms with E-state index in [1.54, 1.807) is 10.6 Å². The molecule has 0 aliphatic heterocycles. The Kier molecular flexibility index (Phi) is 4.19. The molecular weight excluding hydrogens is 297 g/mol. The van der Waals surface area contributed by atoms with Crippen LogP contribution in [-0.4, -0.2) is 17.6 Å². The lowest BCUT2D eigenvalue weighted by Crippen LogP contribution is -2.25. The van der Waals surface area contributed by atoms with E-state index in [0.717, 1.165) is 6.07 Å². The topological polar surface area (TPSA) is 57.2 Å². The number of esters is 1. The zero-order valence-corrected chi connectivity index (χ0v) is 12.4. The number of fused-ring (bicyclic) bond motifs is 1. The standard InChI is InChI=1S/C15H17F3N2O2/c1-8(2)20-11-6-4-5-10(15(16,17)18)9(11)7-12(20)13(19)14(21)22-3/h4-8,13H,19H2,1-3H3. The molecule has 2 rings (SSSR count). The molecule has 2 aromatic rings. The molecule has 1 aromatic carbocycles. The number of hydrogen-bond donors (Lipinski definition) is 1. The fourth-order valence-electron chi connectivity index (χ4n) is 2.58. The van der Waals surface area contributed by atoms with E-state index >= 15 is 0 Å². The molecule has 0 aliphatic carbocycles. The van der Waals surface area contributed by atoms with E-state index in [9.17, 15) is 18.0 Å². The number of nitrogens with two attached hydrogens (primary N) is 1. The van der Waals surface area contributed by atoms with E-state index < -0.39 is 23.8 Å². The van der Waals surface area contributed by atoms with Gasteiger partial charge in [0.15, 0.2) is 0 Å². The van der Waals surface area contributed by atoms with Crippen LogP contribution in [0.25, 0.3) is 10.9 Å². The van der Waals surface area contributed by atoms with E-state index in [1.165, 1.54) is 19.2 Å². The summed E-state index contributed by atoms with van der Waals surface area (Å²) >= 11 is 0. The van der Waals surface area contributed by atoms with E-state index in [-0.39, 0.29) is 11.4 Å². The smallest absolute Gasteiger partial charge is 0.417 e. The Morgan fingerprint density at radius 3 is 2.45 bits per heavy atom. The van der Waals surface area contributed by atoms with Crippen molar-refractivity contribution in [1.82, 2.24) is 4.57 Å². The molecule has 0 amide bonds. The lowest BCUT2D eigenvalue weighted by Gasteiger charge is -2.18. The number of carbonyl (C=O) groups is 1. The molecule has 0 radical (unpaired) electrons. The minimum atomic E-state index is -4.48. The highest BCUT2D eigenvalue weighted by molar-refractivity contribution is 5.88. The number of methoxy groups -OCH3 is 1. The first kappa shape index (κ1) is 16.4. The number of ether oxygens (including phenoxy) is 1. The van der Waals surface area contributed by atoms with Crippen LogP contribution in [0.4, 0.5) is 13.2 Å². The van der Waals surface area contributed by atoms with Crippen LogP contribution in [-0.2, 0) is 15.7 Å². The highest BCUT2D eigenvalue weighted by Gasteiger charge is 2.34. The van der Waals surface area contributed by atoms with Crippen molar-refractivity contribution in [3.8, 4) is 0 Å². The fourth-order valence-corrected chi connectivity index (χ4v) is 2.58. The van der Waals surface area contributed by atoms with Gasteiger partial charge in [0.1, 0.15) is 6.04 Å². The first-order valence-corrected chi connectivity index (χ1v) is 6.73. The van der Waals surface area contributed by atoms with Gasteiger partial charge < -0.3 is 15.0 Å². The van der Waals surface area contributed by atoms with Crippen molar-refractivity contribution in [2.45, 2.75) is 32.1 Å². The van der Waals surface area contributed by atoms with Crippen molar-refractivity contribution in [2.24, 2.45) is 5.73 Å². The maximum atomic E-state index is 13.2. The molecule has 7 heteroatoms. The minimum absolute atomic E-state index is 0.0260. The molecule has 1 unspecified atom stereocenters. The Balaban J connectivity index is 2.78. The van der Waals surface area contributed by atoms with Gasteiger partial charge in [-0.2, -0.15) is 13.2 Å². The van der Waals surface area contributed by atoms with Gasteiger partial charge in [0.05, 0.1) is 12.7 Å². The van der Waals surface area contributed by atoms with Gasteiger partial charge >= 0.3 is 12.1 Å². The SMILES string of the molecule is COC(=O)C(N)c1cc2c(C(F)(F)F)cccc2n1C(C)C. The second-order valence-electron chi connectivity index (χ2n) is 5.27. The summed E-state index contributed by atoms with van der Waals surface area (Å²) in [4.78, 5) is 11.7. The third-order valence-corrected chi connectivity index (χ3v) is 3.51. The largest absolute Gasteiger partial charge is 0.468 e. The molecule has 1 aromatic heterocycles. The maximum Gasteiger partial charge on any atom is 0.417 e. The summed E-state index contributed by atoms with van der Waals surface area (Å²) in [5, 5.41) is 0.0260. The average Bonchev–Trinajstić information content (AvgIpc) is 2.83. The van der Waals surface area contributed by atoms with Crippen LogP contribution < -0.4 is 5.73 Å². The molecule has 4 nitrogen and oxygen atoms in total. The quantitative estimate of drug-likeness (QED) is 0.883. The number of alkyl halides is 3. The summed E-state index contributed by atoms with van der Waals surface area (Å²) in [6.45, 7) is 3.63. The van der Waals surface area contributed by atoms with Crippen LogP contribution in [0, 0.1) is 0 Å². The van der Waals surface area contributed by atoms with Crippen LogP contribution in [0.5, 0.6) is 0 Å². The normalized spacial score (nSPS) is 13.6. The molecule has 120 valence electrons. The molecule has 1 heterocycles. The van der Waals surface area contributed by atoms with Crippen molar-refractivity contribution >= 4 is 16.9 Å². The third kappa shape index (κ3) is 2.68. The molecule has 0 saturated heterocycles. The average molecular weight is 314 g/mol. The lowest BCUT2D eigenvalue weighted by molar-refractivity contribution is -0.142. The zero-order chi connectivity index (χ0) is 16.7. The number of benzene rings is 1. The van der Waals surface area contributed by atoms with Crippen LogP contribution in [0.2, 0.25) is 0 Å². The van der Waals surface area contributed by atoms with Gasteiger partial charge in [-0.1, -0.05) is 6.07 Å². The Bertz CT molecular complexity index is 705. The summed E-state index contributed by atoms with van der Waals surface area (Å²) in [6, 6.07) is 3.96. The summed E-state index contributed by atoms with van der Waals surface area (Å²) in [5.41, 5.74) is 5.77. The molecule has 0 spiro atoms. The maximum absolute atomic E-state index is 13.2. The predicted molar refractivity (Wildman–Crippen MR) is 76.3 cm³/mol. The molecule has 1 atom stereocenters. The van der Waals surface area contributed by atoms with Crippen LogP contribution in [0.15, 0.2) is 24.3 Å². The summed E-state index contributed by atoms with van der Waals surface area (Å²) in [7, 11) is 1.19. The monoisotopic (exact) mass is 314 g/mol. The second kappa shape index (κ2) is 5.64. The molecule has 0 fully saturated rings. The number of halogens is 3. The van der Waals surface area contributed by atoms with Crippen LogP contribution in [0.1, 0.15) is 37.2 Å². The molecule has 0 saturated carbocycles. The second-order valence-corrected chi connectivity index (χ2v) is 5.27. The number of rotatable bonds is 3. The van der Waals surface area contributed by atoms with Gasteiger partial charge in [0.25, 0.3) is 0 Å². The van der Waals surface area contributed by atoms with Crippen molar-refractivity contribution in [3.05, 3.63) is 35.5 Å². The Morgan fingerprint density at radius 1 is 1.32 bits per heavy atom. The molecular formula is C15H17F3N2O2. The molecule has 22 heavy (non-hydrogen) atoms. The predicted octanol–water partition coefficient (Wildman–Crippen LogP) is 3.41. The number of aromatic nitrogens is 1. The van der Waals surface area contributed by atoms with Gasteiger partial charge in [-0.3, -0.25) is 0 Å². The first-order valence-electron chi connectivity index (χ1n) is 6.73. The van der Waals surface area contributed by atoms with E-state index in [2.05, 4.69) is 4.74 Å². The van der Waals surface area contributed by atoms with E-state index in [4.69, 9.17) is 5.73 Å². The molecule has 0 aliphatic rings. The summed E-state index contributed by atoms with van der Waals surface area (Å²) in [5.74, 6) is -0.696.